The molecule has 7 nitrogen and oxygen atoms in total. The second-order valence-corrected chi connectivity index (χ2v) is 9.14. The molecule has 8 heteroatoms. The zero-order valence-electron chi connectivity index (χ0n) is 16.3. The van der Waals surface area contributed by atoms with E-state index in [1.165, 1.54) is 6.07 Å². The summed E-state index contributed by atoms with van der Waals surface area (Å²) < 4.78 is 39.3. The third kappa shape index (κ3) is 3.95. The molecular formula is C21H24N2O5S. The molecule has 0 saturated carbocycles. The fourth-order valence-electron chi connectivity index (χ4n) is 3.89. The largest absolute Gasteiger partial charge is 0.497 e. The predicted molar refractivity (Wildman–Crippen MR) is 109 cm³/mol. The van der Waals surface area contributed by atoms with Gasteiger partial charge in [0, 0.05) is 6.54 Å². The average Bonchev–Trinajstić information content (AvgIpc) is 3.00. The van der Waals surface area contributed by atoms with Crippen molar-refractivity contribution in [2.45, 2.75) is 36.6 Å². The van der Waals surface area contributed by atoms with Crippen LogP contribution in [0, 0.1) is 0 Å². The number of nitrogens with zero attached hydrogens (tertiary/aromatic N) is 1. The molecule has 0 radical (unpaired) electrons. The lowest BCUT2D eigenvalue weighted by Crippen LogP contribution is -2.35. The molecule has 1 fully saturated rings. The maximum atomic E-state index is 13.6. The standard InChI is InChI=1S/C21H24N2O5S/c1-27-16-8-6-15(7-9-16)19-5-3-2-4-12-23(19)29(25,26)17-10-11-20-18(13-17)22-21(24)14-28-20/h6-11,13,19H,2-5,12,14H2,1H3,(H,22,24). The van der Waals surface area contributed by atoms with Crippen LogP contribution in [0.25, 0.3) is 0 Å². The number of hydrogen-bond donors (Lipinski definition) is 1. The first-order valence-electron chi connectivity index (χ1n) is 9.71. The molecule has 1 N–H and O–H groups in total. The number of benzene rings is 2. The molecule has 2 heterocycles. The van der Waals surface area contributed by atoms with Crippen molar-refractivity contribution in [1.82, 2.24) is 4.31 Å². The SMILES string of the molecule is COc1ccc(C2CCCCCN2S(=O)(=O)c2ccc3c(c2)NC(=O)CO3)cc1. The van der Waals surface area contributed by atoms with Crippen molar-refractivity contribution in [3.63, 3.8) is 0 Å². The van der Waals surface area contributed by atoms with Gasteiger partial charge in [0.2, 0.25) is 10.0 Å². The molecule has 4 rings (SSSR count). The Morgan fingerprint density at radius 3 is 2.66 bits per heavy atom. The summed E-state index contributed by atoms with van der Waals surface area (Å²) in [4.78, 5) is 11.8. The van der Waals surface area contributed by atoms with Gasteiger partial charge in [0.15, 0.2) is 6.61 Å². The molecule has 0 aromatic heterocycles. The Balaban J connectivity index is 1.70. The van der Waals surface area contributed by atoms with Gasteiger partial charge in [0.1, 0.15) is 11.5 Å². The van der Waals surface area contributed by atoms with E-state index in [0.29, 0.717) is 18.0 Å². The summed E-state index contributed by atoms with van der Waals surface area (Å²) in [6.45, 7) is 0.393. The lowest BCUT2D eigenvalue weighted by molar-refractivity contribution is -0.118. The number of rotatable bonds is 4. The molecule has 1 atom stereocenters. The quantitative estimate of drug-likeness (QED) is 0.826. The van der Waals surface area contributed by atoms with Crippen LogP contribution in [-0.4, -0.2) is 38.9 Å². The van der Waals surface area contributed by atoms with E-state index in [4.69, 9.17) is 9.47 Å². The number of methoxy groups -OCH3 is 1. The molecule has 1 unspecified atom stereocenters. The van der Waals surface area contributed by atoms with Crippen LogP contribution in [0.1, 0.15) is 37.3 Å². The van der Waals surface area contributed by atoms with Crippen molar-refractivity contribution in [3.05, 3.63) is 48.0 Å². The minimum absolute atomic E-state index is 0.0647. The van der Waals surface area contributed by atoms with Crippen LogP contribution in [0.4, 0.5) is 5.69 Å². The molecule has 2 aromatic carbocycles. The second-order valence-electron chi connectivity index (χ2n) is 7.25. The van der Waals surface area contributed by atoms with Gasteiger partial charge in [-0.15, -0.1) is 0 Å². The maximum absolute atomic E-state index is 13.6. The Labute approximate surface area is 170 Å². The highest BCUT2D eigenvalue weighted by Crippen LogP contribution is 2.37. The van der Waals surface area contributed by atoms with Crippen LogP contribution in [0.2, 0.25) is 0 Å². The van der Waals surface area contributed by atoms with E-state index in [0.717, 1.165) is 37.0 Å². The molecule has 1 amide bonds. The summed E-state index contributed by atoms with van der Waals surface area (Å²) in [6, 6.07) is 12.0. The molecule has 0 spiro atoms. The van der Waals surface area contributed by atoms with Gasteiger partial charge in [-0.1, -0.05) is 25.0 Å². The number of hydrogen-bond acceptors (Lipinski definition) is 5. The first-order valence-corrected chi connectivity index (χ1v) is 11.2. The molecule has 0 aliphatic carbocycles. The number of fused-ring (bicyclic) bond motifs is 1. The van der Waals surface area contributed by atoms with Crippen LogP contribution in [-0.2, 0) is 14.8 Å². The van der Waals surface area contributed by atoms with Crippen molar-refractivity contribution < 1.29 is 22.7 Å². The van der Waals surface area contributed by atoms with Crippen molar-refractivity contribution in [1.29, 1.82) is 0 Å². The highest BCUT2D eigenvalue weighted by Gasteiger charge is 2.34. The lowest BCUT2D eigenvalue weighted by atomic mass is 10.0. The summed E-state index contributed by atoms with van der Waals surface area (Å²) in [6.07, 6.45) is 3.54. The summed E-state index contributed by atoms with van der Waals surface area (Å²) in [5.41, 5.74) is 1.34. The molecule has 154 valence electrons. The fraction of sp³-hybridized carbons (Fsp3) is 0.381. The minimum Gasteiger partial charge on any atom is -0.497 e. The highest BCUT2D eigenvalue weighted by molar-refractivity contribution is 7.89. The minimum atomic E-state index is -3.75. The van der Waals surface area contributed by atoms with Crippen molar-refractivity contribution >= 4 is 21.6 Å². The van der Waals surface area contributed by atoms with Gasteiger partial charge in [0.05, 0.1) is 23.7 Å². The van der Waals surface area contributed by atoms with Crippen LogP contribution in [0.3, 0.4) is 0 Å². The predicted octanol–water partition coefficient (Wildman–Crippen LogP) is 3.33. The van der Waals surface area contributed by atoms with Crippen molar-refractivity contribution in [2.75, 3.05) is 25.6 Å². The van der Waals surface area contributed by atoms with Crippen LogP contribution < -0.4 is 14.8 Å². The number of carbonyl (C=O) groups is 1. The zero-order valence-corrected chi connectivity index (χ0v) is 17.1. The first-order chi connectivity index (χ1) is 14.0. The molecule has 2 aliphatic rings. The Bertz CT molecular complexity index is 1000. The van der Waals surface area contributed by atoms with Crippen molar-refractivity contribution in [3.8, 4) is 11.5 Å². The third-order valence-electron chi connectivity index (χ3n) is 5.39. The van der Waals surface area contributed by atoms with E-state index in [1.807, 2.05) is 24.3 Å². The van der Waals surface area contributed by atoms with Gasteiger partial charge in [0.25, 0.3) is 5.91 Å². The van der Waals surface area contributed by atoms with E-state index >= 15 is 0 Å². The molecule has 2 aliphatic heterocycles. The Hall–Kier alpha value is -2.58. The fourth-order valence-corrected chi connectivity index (χ4v) is 5.60. The summed E-state index contributed by atoms with van der Waals surface area (Å²) in [5, 5.41) is 2.68. The van der Waals surface area contributed by atoms with Gasteiger partial charge in [-0.05, 0) is 48.7 Å². The maximum Gasteiger partial charge on any atom is 0.262 e. The zero-order chi connectivity index (χ0) is 20.4. The number of ether oxygens (including phenoxy) is 2. The summed E-state index contributed by atoms with van der Waals surface area (Å²) in [5.74, 6) is 0.922. The topological polar surface area (TPSA) is 84.9 Å². The number of carbonyl (C=O) groups excluding carboxylic acids is 1. The molecule has 1 saturated heterocycles. The molecule has 29 heavy (non-hydrogen) atoms. The van der Waals surface area contributed by atoms with E-state index in [-0.39, 0.29) is 23.5 Å². The van der Waals surface area contributed by atoms with Crippen LogP contribution >= 0.6 is 0 Å². The normalized spacial score (nSPS) is 20.2. The second kappa shape index (κ2) is 8.04. The molecular weight excluding hydrogens is 392 g/mol. The van der Waals surface area contributed by atoms with Crippen LogP contribution in [0.5, 0.6) is 11.5 Å². The Morgan fingerprint density at radius 1 is 1.10 bits per heavy atom. The lowest BCUT2D eigenvalue weighted by Gasteiger charge is -2.30. The number of amides is 1. The number of anilines is 1. The third-order valence-corrected chi connectivity index (χ3v) is 7.30. The van der Waals surface area contributed by atoms with E-state index in [1.54, 1.807) is 23.5 Å². The average molecular weight is 416 g/mol. The van der Waals surface area contributed by atoms with E-state index < -0.39 is 10.0 Å². The smallest absolute Gasteiger partial charge is 0.262 e. The van der Waals surface area contributed by atoms with Gasteiger partial charge < -0.3 is 14.8 Å². The van der Waals surface area contributed by atoms with Crippen LogP contribution in [0.15, 0.2) is 47.4 Å². The van der Waals surface area contributed by atoms with E-state index in [2.05, 4.69) is 5.32 Å². The van der Waals surface area contributed by atoms with Gasteiger partial charge in [-0.3, -0.25) is 4.79 Å². The van der Waals surface area contributed by atoms with E-state index in [9.17, 15) is 13.2 Å². The first kappa shape index (κ1) is 19.7. The van der Waals surface area contributed by atoms with Crippen molar-refractivity contribution in [2.24, 2.45) is 0 Å². The highest BCUT2D eigenvalue weighted by atomic mass is 32.2. The number of sulfonamides is 1. The molecule has 0 bridgehead atoms. The summed E-state index contributed by atoms with van der Waals surface area (Å²) in [7, 11) is -2.15. The van der Waals surface area contributed by atoms with Gasteiger partial charge >= 0.3 is 0 Å². The summed E-state index contributed by atoms with van der Waals surface area (Å²) >= 11 is 0. The van der Waals surface area contributed by atoms with Gasteiger partial charge in [-0.2, -0.15) is 4.31 Å². The number of nitrogens with one attached hydrogen (secondary N) is 1. The Morgan fingerprint density at radius 2 is 1.90 bits per heavy atom. The monoisotopic (exact) mass is 416 g/mol. The van der Waals surface area contributed by atoms with Gasteiger partial charge in [-0.25, -0.2) is 8.42 Å². The molecule has 2 aromatic rings. The Kier molecular flexibility index (Phi) is 5.47.